The number of carbonyl (C=O) groups excluding carboxylic acids is 6. The molecule has 1 unspecified atom stereocenters. The molecule has 22 rings (SSSR count). The number of amides is 6. The fraction of sp³-hybridized carbons (Fsp3) is 0.300. The summed E-state index contributed by atoms with van der Waals surface area (Å²) in [5, 5.41) is 34.8. The Morgan fingerprint density at radius 3 is 1.39 bits per heavy atom. The molecule has 8 aromatic carbocycles. The number of para-hydroxylation sites is 1. The zero-order valence-electron chi connectivity index (χ0n) is 81.0. The van der Waals surface area contributed by atoms with Crippen LogP contribution in [0.4, 0.5) is 34.6 Å². The highest BCUT2D eigenvalue weighted by molar-refractivity contribution is 7.19. The van der Waals surface area contributed by atoms with E-state index >= 15 is 4.39 Å². The number of fused-ring (bicyclic) bond motifs is 4. The van der Waals surface area contributed by atoms with E-state index in [4.69, 9.17) is 28.7 Å². The number of likely N-dealkylation sites (tertiary alicyclic amines) is 3. The van der Waals surface area contributed by atoms with Gasteiger partial charge in [0, 0.05) is 209 Å². The molecule has 0 bridgehead atoms. The Balaban J connectivity index is 0.000000134. The average molecular weight is 2010 g/mol. The van der Waals surface area contributed by atoms with Gasteiger partial charge in [0.2, 0.25) is 17.7 Å². The number of benzene rings is 8. The van der Waals surface area contributed by atoms with Crippen molar-refractivity contribution in [3.05, 3.63) is 277 Å². The quantitative estimate of drug-likeness (QED) is 0.0187. The molecular formula is C110H107F4N21O11S. The molecule has 0 radical (unpaired) electrons. The van der Waals surface area contributed by atoms with Crippen LogP contribution in [-0.2, 0) is 47.7 Å². The fourth-order valence-corrected chi connectivity index (χ4v) is 20.8. The summed E-state index contributed by atoms with van der Waals surface area (Å²) < 4.78 is 84.7. The number of hydrogen-bond donors (Lipinski definition) is 6. The Morgan fingerprint density at radius 1 is 0.449 bits per heavy atom. The minimum Gasteiger partial charge on any atom is -0.491 e. The van der Waals surface area contributed by atoms with Gasteiger partial charge in [-0.25, -0.2) is 33.7 Å². The van der Waals surface area contributed by atoms with E-state index in [1.165, 1.54) is 42.7 Å². The molecule has 6 N–H and O–H groups in total. The number of anilines is 3. The summed E-state index contributed by atoms with van der Waals surface area (Å²) in [6, 6.07) is 58.7. The fourth-order valence-electron chi connectivity index (χ4n) is 19.7. The monoisotopic (exact) mass is 2010 g/mol. The van der Waals surface area contributed by atoms with E-state index in [9.17, 15) is 41.9 Å². The highest BCUT2D eigenvalue weighted by Gasteiger charge is 2.50. The van der Waals surface area contributed by atoms with Crippen molar-refractivity contribution in [1.82, 2.24) is 89.9 Å². The summed E-state index contributed by atoms with van der Waals surface area (Å²) in [4.78, 5) is 118. The second-order valence-electron chi connectivity index (χ2n) is 37.5. The Morgan fingerprint density at radius 2 is 0.905 bits per heavy atom. The van der Waals surface area contributed by atoms with Crippen LogP contribution in [0.25, 0.3) is 116 Å². The molecule has 15 aromatic rings. The van der Waals surface area contributed by atoms with Gasteiger partial charge in [0.1, 0.15) is 34.7 Å². The van der Waals surface area contributed by atoms with Crippen LogP contribution in [0.3, 0.4) is 0 Å². The Bertz CT molecular complexity index is 7450. The molecule has 3 atom stereocenters. The van der Waals surface area contributed by atoms with E-state index in [2.05, 4.69) is 83.6 Å². The maximum atomic E-state index is 15.1. The number of nitrogens with zero attached hydrogens (tertiary/aromatic N) is 15. The summed E-state index contributed by atoms with van der Waals surface area (Å²) in [6.45, 7) is 3.00. The Labute approximate surface area is 847 Å². The number of halogens is 4. The Kier molecular flexibility index (Phi) is 29.6. The number of methoxy groups -OCH3 is 3. The van der Waals surface area contributed by atoms with Gasteiger partial charge >= 0.3 is 6.61 Å². The van der Waals surface area contributed by atoms with Gasteiger partial charge in [-0.1, -0.05) is 66.8 Å². The summed E-state index contributed by atoms with van der Waals surface area (Å²) in [7, 11) is 4.70. The second kappa shape index (κ2) is 43.9. The van der Waals surface area contributed by atoms with Crippen molar-refractivity contribution < 1.29 is 70.0 Å². The molecule has 32 nitrogen and oxygen atoms in total. The van der Waals surface area contributed by atoms with Crippen LogP contribution >= 0.6 is 11.3 Å². The van der Waals surface area contributed by atoms with E-state index in [1.54, 1.807) is 119 Å². The van der Waals surface area contributed by atoms with Crippen LogP contribution in [0.2, 0.25) is 0 Å². The molecule has 13 heterocycles. The van der Waals surface area contributed by atoms with Gasteiger partial charge in [-0.2, -0.15) is 24.1 Å². The largest absolute Gasteiger partial charge is 0.491 e. The molecule has 4 fully saturated rings. The van der Waals surface area contributed by atoms with Gasteiger partial charge in [0.15, 0.2) is 28.5 Å². The van der Waals surface area contributed by atoms with Crippen LogP contribution in [0.5, 0.6) is 5.75 Å². The third-order valence-electron chi connectivity index (χ3n) is 28.1. The van der Waals surface area contributed by atoms with Crippen LogP contribution < -0.4 is 20.7 Å². The highest BCUT2D eigenvalue weighted by atomic mass is 32.1. The molecule has 3 saturated heterocycles. The highest BCUT2D eigenvalue weighted by Crippen LogP contribution is 2.43. The van der Waals surface area contributed by atoms with E-state index in [0.717, 1.165) is 119 Å². The lowest BCUT2D eigenvalue weighted by Gasteiger charge is -2.30. The third kappa shape index (κ3) is 22.4. The summed E-state index contributed by atoms with van der Waals surface area (Å²) >= 11 is 1.69. The molecule has 6 amide bonds. The van der Waals surface area contributed by atoms with Crippen molar-refractivity contribution in [2.45, 2.75) is 80.7 Å². The van der Waals surface area contributed by atoms with Crippen molar-refractivity contribution >= 4 is 123 Å². The summed E-state index contributed by atoms with van der Waals surface area (Å²) in [5.74, 6) is 0.320. The number of H-pyrrole nitrogens is 3. The molecule has 1 saturated carbocycles. The van der Waals surface area contributed by atoms with Crippen LogP contribution in [-0.4, -0.2) is 281 Å². The van der Waals surface area contributed by atoms with Gasteiger partial charge < -0.3 is 54.3 Å². The first-order valence-corrected chi connectivity index (χ1v) is 49.7. The van der Waals surface area contributed by atoms with Crippen molar-refractivity contribution in [2.24, 2.45) is 0 Å². The molecule has 7 aromatic heterocycles. The lowest BCUT2D eigenvalue weighted by Crippen LogP contribution is -2.50. The molecule has 1 aliphatic carbocycles. The summed E-state index contributed by atoms with van der Waals surface area (Å²) in [5.41, 5.74) is 13.1. The maximum Gasteiger partial charge on any atom is 0.346 e. The number of nitrogens with one attached hydrogen (secondary N) is 6. The molecule has 752 valence electrons. The number of rotatable bonds is 29. The van der Waals surface area contributed by atoms with Gasteiger partial charge in [0.05, 0.1) is 64.4 Å². The molecule has 6 aliphatic heterocycles. The van der Waals surface area contributed by atoms with Gasteiger partial charge in [-0.05, 0) is 219 Å². The van der Waals surface area contributed by atoms with Gasteiger partial charge in [0.25, 0.3) is 17.7 Å². The van der Waals surface area contributed by atoms with Crippen LogP contribution in [0.15, 0.2) is 243 Å². The number of carbonyl (C=O) groups is 6. The predicted molar refractivity (Wildman–Crippen MR) is 552 cm³/mol. The van der Waals surface area contributed by atoms with E-state index < -0.39 is 29.3 Å². The SMILES string of the molecule is COCCOc1ccc(-c2n[nH]c3ccc(NC(=O)[C@]4(OC)CCN(CC(=O)N5CC=C(c6ccc(-c7ncccn7)cc6F)CC5)C4)cc23)cc1.CO[C@@]1(C(=O)Nc2ccc3[nH]nc(-c4ccc(F)cc4)c3c2)CCN(CC(=O)N2CC=C(c3nc4ccccc4s3)CC2)C1.O=C(CN1CCC(OC(F)F)(C(=O)Nc2ccc3[nH]nc(-c4ccnc(C5CC5)c4)c3c2)C1)N1CC=C(c2ccc(-c3ncccn3)cc2)CC1. The van der Waals surface area contributed by atoms with Crippen molar-refractivity contribution in [1.29, 1.82) is 0 Å². The standard InChI is InChI=1S/C39H40FN7O5.C38H36F2N8O3.C33H31FN6O3S/c1-50-20-21-52-30-8-4-27(5-9-30)36-32-23-29(7-11-34(32)44-45-36)43-38(49)39(51-2)14-19-46(25-39)24-35(48)47-17-12-26(13-18-47)31-10-6-28(22-33(31)40)37-41-15-3-16-42-37;39-37(40)51-38(36(50)44-29-8-9-31-30(21-29)34(46-45-31)28-10-16-41-32(20-28)26-4-5-26)13-19-47(23-38)22-33(49)48-17-11-25(12-18-48)24-2-6-27(7-3-24)35-42-14-1-15-43-35;1-43-33(32(42)35-24-10-11-26-25(18-24)30(38-37-26)21-6-8-23(34)9-7-21)14-17-39(20-33)19-29(41)40-15-12-22(13-16-40)31-36-27-4-2-3-5-28(27)44-31/h3-12,15-16,22-23H,13-14,17-21,24-25H2,1-2H3,(H,43,49)(H,44,45);1-3,6-11,14-16,20-21,26,37H,4-5,12-13,17-19,22-23H2,(H,44,50)(H,45,46);2-12,18H,13-17,19-20H2,1H3,(H,35,42)(H,37,38)/t39-;;33-/m0.0/s1. The topological polar surface area (TPSA) is 367 Å². The van der Waals surface area contributed by atoms with Crippen LogP contribution in [0, 0.1) is 11.6 Å². The minimum absolute atomic E-state index is 0.00427. The normalized spacial score (nSPS) is 18.7. The second-order valence-corrected chi connectivity index (χ2v) is 38.5. The van der Waals surface area contributed by atoms with E-state index in [1.807, 2.05) is 142 Å². The number of alkyl halides is 2. The molecule has 0 spiro atoms. The molecule has 37 heteroatoms. The smallest absolute Gasteiger partial charge is 0.346 e. The van der Waals surface area contributed by atoms with Crippen molar-refractivity contribution in [3.63, 3.8) is 0 Å². The summed E-state index contributed by atoms with van der Waals surface area (Å²) in [6.07, 6.45) is 19.7. The molecular weight excluding hydrogens is 1900 g/mol. The molecule has 7 aliphatic rings. The maximum absolute atomic E-state index is 15.1. The van der Waals surface area contributed by atoms with Gasteiger partial charge in [-0.3, -0.25) is 63.7 Å². The predicted octanol–water partition coefficient (Wildman–Crippen LogP) is 16.4. The first-order valence-electron chi connectivity index (χ1n) is 48.9. The minimum atomic E-state index is -3.17. The number of pyridine rings is 1. The average Bonchev–Trinajstić information content (AvgIpc) is 1.65. The number of ether oxygens (including phenoxy) is 5. The molecule has 147 heavy (non-hydrogen) atoms. The lowest BCUT2D eigenvalue weighted by molar-refractivity contribution is -0.204. The van der Waals surface area contributed by atoms with Crippen molar-refractivity contribution in [3.8, 4) is 62.3 Å². The lowest BCUT2D eigenvalue weighted by atomic mass is 9.97. The number of hydrogen-bond acceptors (Lipinski definition) is 24. The van der Waals surface area contributed by atoms with Crippen LogP contribution in [0.1, 0.15) is 79.1 Å². The first kappa shape index (κ1) is 99.0. The zero-order valence-corrected chi connectivity index (χ0v) is 81.9. The van der Waals surface area contributed by atoms with Gasteiger partial charge in [-0.15, -0.1) is 11.3 Å². The third-order valence-corrected chi connectivity index (χ3v) is 29.2. The Hall–Kier alpha value is -15.4. The van der Waals surface area contributed by atoms with E-state index in [0.29, 0.717) is 155 Å². The number of thiazole rings is 1. The van der Waals surface area contributed by atoms with Crippen molar-refractivity contribution in [2.75, 3.05) is 149 Å². The first-order chi connectivity index (χ1) is 71.6. The number of aromatic nitrogens is 12. The number of aromatic amines is 3. The zero-order chi connectivity index (χ0) is 101. The van der Waals surface area contributed by atoms with E-state index in [-0.39, 0.29) is 86.9 Å².